The van der Waals surface area contributed by atoms with Crippen LogP contribution in [0.1, 0.15) is 44.6 Å². The molecule has 1 aliphatic heterocycles. The first-order valence-corrected chi connectivity index (χ1v) is 8.20. The second kappa shape index (κ2) is 5.87. The molecule has 0 bridgehead atoms. The summed E-state index contributed by atoms with van der Waals surface area (Å²) in [6.07, 6.45) is 4.13. The lowest BCUT2D eigenvalue weighted by Crippen LogP contribution is -2.60. The highest BCUT2D eigenvalue weighted by Crippen LogP contribution is 2.40. The summed E-state index contributed by atoms with van der Waals surface area (Å²) in [5, 5.41) is 3.77. The van der Waals surface area contributed by atoms with Gasteiger partial charge in [0.05, 0.1) is 0 Å². The smallest absolute Gasteiger partial charge is 0.0309 e. The van der Waals surface area contributed by atoms with E-state index in [1.807, 2.05) is 0 Å². The Labute approximate surface area is 123 Å². The van der Waals surface area contributed by atoms with Gasteiger partial charge >= 0.3 is 0 Å². The molecule has 0 radical (unpaired) electrons. The molecule has 1 aliphatic carbocycles. The molecule has 20 heavy (non-hydrogen) atoms. The summed E-state index contributed by atoms with van der Waals surface area (Å²) in [7, 11) is 0. The lowest BCUT2D eigenvalue weighted by molar-refractivity contribution is 0.124. The fourth-order valence-corrected chi connectivity index (χ4v) is 3.61. The SMILES string of the molecule is CC(CCN1CCNC(C)(C2CC2)C1)c1ccccc1. The zero-order chi connectivity index (χ0) is 14.0. The maximum Gasteiger partial charge on any atom is 0.0309 e. The molecule has 0 amide bonds. The van der Waals surface area contributed by atoms with Crippen molar-refractivity contribution in [1.29, 1.82) is 0 Å². The van der Waals surface area contributed by atoms with E-state index < -0.39 is 0 Å². The van der Waals surface area contributed by atoms with Crippen molar-refractivity contribution in [3.63, 3.8) is 0 Å². The van der Waals surface area contributed by atoms with Gasteiger partial charge in [0.25, 0.3) is 0 Å². The second-order valence-corrected chi connectivity index (χ2v) is 7.00. The Morgan fingerprint density at radius 2 is 2.05 bits per heavy atom. The van der Waals surface area contributed by atoms with Crippen molar-refractivity contribution in [2.24, 2.45) is 5.92 Å². The molecule has 1 aromatic carbocycles. The summed E-state index contributed by atoms with van der Waals surface area (Å²) in [5.74, 6) is 1.59. The Bertz CT molecular complexity index is 426. The Kier molecular flexibility index (Phi) is 4.13. The summed E-state index contributed by atoms with van der Waals surface area (Å²) >= 11 is 0. The average molecular weight is 272 g/mol. The van der Waals surface area contributed by atoms with Crippen LogP contribution in [0.2, 0.25) is 0 Å². The highest BCUT2D eigenvalue weighted by atomic mass is 15.2. The van der Waals surface area contributed by atoms with Crippen molar-refractivity contribution in [3.05, 3.63) is 35.9 Å². The van der Waals surface area contributed by atoms with Gasteiger partial charge in [0.15, 0.2) is 0 Å². The van der Waals surface area contributed by atoms with Crippen LogP contribution in [-0.4, -0.2) is 36.6 Å². The summed E-state index contributed by atoms with van der Waals surface area (Å²) in [5.41, 5.74) is 1.86. The third-order valence-electron chi connectivity index (χ3n) is 5.23. The molecule has 1 aromatic rings. The average Bonchev–Trinajstić information content (AvgIpc) is 3.31. The highest BCUT2D eigenvalue weighted by Gasteiger charge is 2.43. The van der Waals surface area contributed by atoms with E-state index in [0.29, 0.717) is 11.5 Å². The molecule has 3 rings (SSSR count). The van der Waals surface area contributed by atoms with Gasteiger partial charge in [-0.25, -0.2) is 0 Å². The standard InChI is InChI=1S/C18H28N2/c1-15(16-6-4-3-5-7-16)10-12-20-13-11-19-18(2,14-20)17-8-9-17/h3-7,15,17,19H,8-14H2,1-2H3. The molecule has 1 saturated carbocycles. The van der Waals surface area contributed by atoms with Crippen LogP contribution < -0.4 is 5.32 Å². The van der Waals surface area contributed by atoms with Gasteiger partial charge in [-0.3, -0.25) is 0 Å². The van der Waals surface area contributed by atoms with E-state index in [-0.39, 0.29) is 0 Å². The van der Waals surface area contributed by atoms with E-state index in [4.69, 9.17) is 0 Å². The van der Waals surface area contributed by atoms with E-state index in [1.54, 1.807) is 0 Å². The van der Waals surface area contributed by atoms with Gasteiger partial charge in [-0.05, 0) is 50.1 Å². The molecule has 2 nitrogen and oxygen atoms in total. The molecule has 0 aromatic heterocycles. The Morgan fingerprint density at radius 3 is 2.75 bits per heavy atom. The monoisotopic (exact) mass is 272 g/mol. The summed E-state index contributed by atoms with van der Waals surface area (Å²) in [6, 6.07) is 10.9. The maximum absolute atomic E-state index is 3.77. The zero-order valence-corrected chi connectivity index (χ0v) is 12.9. The minimum absolute atomic E-state index is 0.383. The Morgan fingerprint density at radius 1 is 1.30 bits per heavy atom. The quantitative estimate of drug-likeness (QED) is 0.885. The molecule has 0 spiro atoms. The van der Waals surface area contributed by atoms with E-state index in [2.05, 4.69) is 54.4 Å². The fourth-order valence-electron chi connectivity index (χ4n) is 3.61. The Balaban J connectivity index is 1.50. The predicted molar refractivity (Wildman–Crippen MR) is 85.0 cm³/mol. The number of nitrogens with one attached hydrogen (secondary N) is 1. The number of rotatable bonds is 5. The number of piperazine rings is 1. The minimum atomic E-state index is 0.383. The van der Waals surface area contributed by atoms with E-state index in [9.17, 15) is 0 Å². The van der Waals surface area contributed by atoms with Gasteiger partial charge in [-0.1, -0.05) is 37.3 Å². The van der Waals surface area contributed by atoms with Crippen LogP contribution in [0.4, 0.5) is 0 Å². The number of benzene rings is 1. The van der Waals surface area contributed by atoms with Crippen molar-refractivity contribution in [2.75, 3.05) is 26.2 Å². The largest absolute Gasteiger partial charge is 0.309 e. The van der Waals surface area contributed by atoms with E-state index >= 15 is 0 Å². The first-order valence-electron chi connectivity index (χ1n) is 8.20. The fraction of sp³-hybridized carbons (Fsp3) is 0.667. The third kappa shape index (κ3) is 3.24. The van der Waals surface area contributed by atoms with E-state index in [0.717, 1.165) is 12.5 Å². The molecule has 2 heteroatoms. The van der Waals surface area contributed by atoms with Gasteiger partial charge in [0.2, 0.25) is 0 Å². The van der Waals surface area contributed by atoms with Crippen LogP contribution in [-0.2, 0) is 0 Å². The lowest BCUT2D eigenvalue weighted by atomic mass is 9.92. The second-order valence-electron chi connectivity index (χ2n) is 7.00. The normalized spacial score (nSPS) is 29.3. The van der Waals surface area contributed by atoms with Crippen LogP contribution in [0.15, 0.2) is 30.3 Å². The molecule has 2 aliphatic rings. The van der Waals surface area contributed by atoms with Crippen LogP contribution in [0, 0.1) is 5.92 Å². The molecule has 2 unspecified atom stereocenters. The van der Waals surface area contributed by atoms with Gasteiger partial charge in [0, 0.05) is 25.2 Å². The molecule has 110 valence electrons. The van der Waals surface area contributed by atoms with Crippen LogP contribution in [0.25, 0.3) is 0 Å². The van der Waals surface area contributed by atoms with Crippen molar-refractivity contribution in [3.8, 4) is 0 Å². The molecule has 1 saturated heterocycles. The Hall–Kier alpha value is -0.860. The summed E-state index contributed by atoms with van der Waals surface area (Å²) in [4.78, 5) is 2.67. The van der Waals surface area contributed by atoms with E-state index in [1.165, 1.54) is 44.5 Å². The van der Waals surface area contributed by atoms with Crippen molar-refractivity contribution in [2.45, 2.75) is 44.6 Å². The summed E-state index contributed by atoms with van der Waals surface area (Å²) in [6.45, 7) is 9.63. The highest BCUT2D eigenvalue weighted by molar-refractivity contribution is 5.18. The van der Waals surface area contributed by atoms with Gasteiger partial charge in [-0.15, -0.1) is 0 Å². The molecular weight excluding hydrogens is 244 g/mol. The van der Waals surface area contributed by atoms with Crippen LogP contribution in [0.3, 0.4) is 0 Å². The molecule has 1 heterocycles. The zero-order valence-electron chi connectivity index (χ0n) is 12.9. The van der Waals surface area contributed by atoms with Crippen molar-refractivity contribution in [1.82, 2.24) is 10.2 Å². The van der Waals surface area contributed by atoms with Gasteiger partial charge < -0.3 is 10.2 Å². The molecule has 1 N–H and O–H groups in total. The maximum atomic E-state index is 3.77. The summed E-state index contributed by atoms with van der Waals surface area (Å²) < 4.78 is 0. The van der Waals surface area contributed by atoms with Crippen LogP contribution in [0.5, 0.6) is 0 Å². The minimum Gasteiger partial charge on any atom is -0.309 e. The first-order chi connectivity index (χ1) is 9.67. The molecule has 2 fully saturated rings. The number of hydrogen-bond donors (Lipinski definition) is 1. The lowest BCUT2D eigenvalue weighted by Gasteiger charge is -2.42. The van der Waals surface area contributed by atoms with Crippen molar-refractivity contribution < 1.29 is 0 Å². The molecular formula is C18H28N2. The van der Waals surface area contributed by atoms with Gasteiger partial charge in [0.1, 0.15) is 0 Å². The predicted octanol–water partition coefficient (Wildman–Crippen LogP) is 3.25. The number of nitrogens with zero attached hydrogens (tertiary/aromatic N) is 1. The van der Waals surface area contributed by atoms with Gasteiger partial charge in [-0.2, -0.15) is 0 Å². The molecule has 2 atom stereocenters. The van der Waals surface area contributed by atoms with Crippen molar-refractivity contribution >= 4 is 0 Å². The number of hydrogen-bond acceptors (Lipinski definition) is 2. The third-order valence-corrected chi connectivity index (χ3v) is 5.23. The topological polar surface area (TPSA) is 15.3 Å². The first kappa shape index (κ1) is 14.1. The van der Waals surface area contributed by atoms with Crippen LogP contribution >= 0.6 is 0 Å².